The van der Waals surface area contributed by atoms with Crippen LogP contribution in [0.5, 0.6) is 5.75 Å². The minimum atomic E-state index is -0.872. The first kappa shape index (κ1) is 16.0. The Bertz CT molecular complexity index is 438. The molecule has 2 N–H and O–H groups in total. The highest BCUT2D eigenvalue weighted by atomic mass is 16.5. The number of amides is 1. The summed E-state index contributed by atoms with van der Waals surface area (Å²) < 4.78 is 5.36. The average molecular weight is 279 g/mol. The van der Waals surface area contributed by atoms with Gasteiger partial charge in [-0.15, -0.1) is 0 Å². The van der Waals surface area contributed by atoms with E-state index in [1.54, 1.807) is 24.3 Å². The molecular formula is C15H21NO4. The van der Waals surface area contributed by atoms with Gasteiger partial charge in [0.2, 0.25) is 0 Å². The van der Waals surface area contributed by atoms with E-state index in [1.807, 2.05) is 13.8 Å². The van der Waals surface area contributed by atoms with Gasteiger partial charge in [0, 0.05) is 6.04 Å². The molecule has 5 heteroatoms. The molecule has 0 heterocycles. The van der Waals surface area contributed by atoms with Crippen LogP contribution in [0.15, 0.2) is 24.3 Å². The lowest BCUT2D eigenvalue weighted by atomic mass is 10.1. The van der Waals surface area contributed by atoms with Crippen molar-refractivity contribution in [2.45, 2.75) is 39.2 Å². The summed E-state index contributed by atoms with van der Waals surface area (Å²) in [4.78, 5) is 22.2. The Kier molecular flexibility index (Phi) is 6.56. The summed E-state index contributed by atoms with van der Waals surface area (Å²) in [6.07, 6.45) is 1.77. The zero-order chi connectivity index (χ0) is 15.0. The van der Waals surface area contributed by atoms with Crippen LogP contribution in [0.2, 0.25) is 0 Å². The summed E-state index contributed by atoms with van der Waals surface area (Å²) >= 11 is 0. The Morgan fingerprint density at radius 2 is 1.80 bits per heavy atom. The number of hydrogen-bond acceptors (Lipinski definition) is 3. The molecule has 1 amide bonds. The summed E-state index contributed by atoms with van der Waals surface area (Å²) in [6, 6.07) is 6.89. The number of aliphatic carboxylic acids is 1. The maximum atomic E-state index is 11.6. The third-order valence-electron chi connectivity index (χ3n) is 3.00. The van der Waals surface area contributed by atoms with E-state index in [1.165, 1.54) is 0 Å². The molecule has 1 aromatic carbocycles. The molecule has 0 aliphatic carbocycles. The molecule has 0 unspecified atom stereocenters. The molecule has 0 radical (unpaired) electrons. The topological polar surface area (TPSA) is 75.6 Å². The number of rotatable bonds is 8. The number of carboxylic acids is 1. The van der Waals surface area contributed by atoms with Crippen molar-refractivity contribution in [2.75, 3.05) is 6.61 Å². The Morgan fingerprint density at radius 1 is 1.20 bits per heavy atom. The number of carbonyl (C=O) groups excluding carboxylic acids is 1. The van der Waals surface area contributed by atoms with Gasteiger partial charge in [0.25, 0.3) is 5.91 Å². The monoisotopic (exact) mass is 279 g/mol. The summed E-state index contributed by atoms with van der Waals surface area (Å²) in [6.45, 7) is 4.02. The van der Waals surface area contributed by atoms with Gasteiger partial charge >= 0.3 is 5.97 Å². The van der Waals surface area contributed by atoms with Crippen molar-refractivity contribution in [3.63, 3.8) is 0 Å². The first-order chi connectivity index (χ1) is 9.55. The van der Waals surface area contributed by atoms with Crippen LogP contribution in [0.3, 0.4) is 0 Å². The van der Waals surface area contributed by atoms with Gasteiger partial charge in [-0.3, -0.25) is 9.59 Å². The van der Waals surface area contributed by atoms with Gasteiger partial charge in [-0.1, -0.05) is 26.0 Å². The number of benzene rings is 1. The van der Waals surface area contributed by atoms with Crippen LogP contribution in [0.4, 0.5) is 0 Å². The maximum absolute atomic E-state index is 11.6. The van der Waals surface area contributed by atoms with Gasteiger partial charge in [-0.05, 0) is 30.5 Å². The number of carboxylic acid groups (broad SMARTS) is 1. The molecule has 1 rings (SSSR count). The minimum Gasteiger partial charge on any atom is -0.484 e. The van der Waals surface area contributed by atoms with E-state index < -0.39 is 5.97 Å². The molecule has 0 fully saturated rings. The molecular weight excluding hydrogens is 258 g/mol. The number of hydrogen-bond donors (Lipinski definition) is 2. The third kappa shape index (κ3) is 5.73. The Labute approximate surface area is 118 Å². The van der Waals surface area contributed by atoms with Gasteiger partial charge in [0.05, 0.1) is 6.42 Å². The average Bonchev–Trinajstić information content (AvgIpc) is 2.43. The van der Waals surface area contributed by atoms with Crippen LogP contribution in [0.25, 0.3) is 0 Å². The van der Waals surface area contributed by atoms with Gasteiger partial charge in [0.1, 0.15) is 5.75 Å². The Hall–Kier alpha value is -2.04. The predicted octanol–water partition coefficient (Wildman–Crippen LogP) is 2.00. The van der Waals surface area contributed by atoms with E-state index >= 15 is 0 Å². The first-order valence-electron chi connectivity index (χ1n) is 6.78. The smallest absolute Gasteiger partial charge is 0.307 e. The molecule has 0 aliphatic heterocycles. The highest BCUT2D eigenvalue weighted by Gasteiger charge is 2.09. The zero-order valence-corrected chi connectivity index (χ0v) is 11.9. The second kappa shape index (κ2) is 8.19. The molecule has 0 spiro atoms. The lowest BCUT2D eigenvalue weighted by molar-refractivity contribution is -0.136. The van der Waals surface area contributed by atoms with Crippen LogP contribution in [0, 0.1) is 0 Å². The van der Waals surface area contributed by atoms with Crippen molar-refractivity contribution in [3.8, 4) is 5.75 Å². The number of carbonyl (C=O) groups is 2. The quantitative estimate of drug-likeness (QED) is 0.763. The second-order valence-corrected chi connectivity index (χ2v) is 4.58. The minimum absolute atomic E-state index is 0.0184. The maximum Gasteiger partial charge on any atom is 0.307 e. The molecule has 0 atom stereocenters. The number of ether oxygens (including phenoxy) is 1. The summed E-state index contributed by atoms with van der Waals surface area (Å²) in [5.74, 6) is -0.463. The molecule has 20 heavy (non-hydrogen) atoms. The molecule has 5 nitrogen and oxygen atoms in total. The van der Waals surface area contributed by atoms with Crippen molar-refractivity contribution < 1.29 is 19.4 Å². The molecule has 110 valence electrons. The SMILES string of the molecule is CCC(CC)NC(=O)COc1ccc(CC(=O)O)cc1. The lowest BCUT2D eigenvalue weighted by Crippen LogP contribution is -2.37. The van der Waals surface area contributed by atoms with E-state index in [4.69, 9.17) is 9.84 Å². The van der Waals surface area contributed by atoms with E-state index in [-0.39, 0.29) is 25.0 Å². The van der Waals surface area contributed by atoms with Crippen LogP contribution < -0.4 is 10.1 Å². The fraction of sp³-hybridized carbons (Fsp3) is 0.467. The van der Waals surface area contributed by atoms with Crippen molar-refractivity contribution in [3.05, 3.63) is 29.8 Å². The lowest BCUT2D eigenvalue weighted by Gasteiger charge is -2.15. The molecule has 0 bridgehead atoms. The fourth-order valence-electron chi connectivity index (χ4n) is 1.79. The fourth-order valence-corrected chi connectivity index (χ4v) is 1.79. The van der Waals surface area contributed by atoms with Crippen molar-refractivity contribution in [1.82, 2.24) is 5.32 Å². The second-order valence-electron chi connectivity index (χ2n) is 4.58. The molecule has 1 aromatic rings. The van der Waals surface area contributed by atoms with Gasteiger partial charge < -0.3 is 15.2 Å². The Morgan fingerprint density at radius 3 is 2.30 bits per heavy atom. The summed E-state index contributed by atoms with van der Waals surface area (Å²) in [5, 5.41) is 11.5. The molecule has 0 saturated carbocycles. The normalized spacial score (nSPS) is 10.3. The molecule has 0 aromatic heterocycles. The van der Waals surface area contributed by atoms with Crippen LogP contribution >= 0.6 is 0 Å². The van der Waals surface area contributed by atoms with Crippen molar-refractivity contribution in [1.29, 1.82) is 0 Å². The third-order valence-corrected chi connectivity index (χ3v) is 3.00. The van der Waals surface area contributed by atoms with E-state index in [0.717, 1.165) is 12.8 Å². The van der Waals surface area contributed by atoms with Crippen LogP contribution in [-0.2, 0) is 16.0 Å². The predicted molar refractivity (Wildman–Crippen MR) is 75.8 cm³/mol. The first-order valence-corrected chi connectivity index (χ1v) is 6.78. The van der Waals surface area contributed by atoms with E-state index in [2.05, 4.69) is 5.32 Å². The highest BCUT2D eigenvalue weighted by molar-refractivity contribution is 5.77. The van der Waals surface area contributed by atoms with E-state index in [9.17, 15) is 9.59 Å². The summed E-state index contributed by atoms with van der Waals surface area (Å²) in [7, 11) is 0. The largest absolute Gasteiger partial charge is 0.484 e. The standard InChI is InChI=1S/C15H21NO4/c1-3-12(4-2)16-14(17)10-20-13-7-5-11(6-8-13)9-15(18)19/h5-8,12H,3-4,9-10H2,1-2H3,(H,16,17)(H,18,19). The summed E-state index contributed by atoms with van der Waals surface area (Å²) in [5.41, 5.74) is 0.700. The van der Waals surface area contributed by atoms with Gasteiger partial charge in [0.15, 0.2) is 6.61 Å². The molecule has 0 aliphatic rings. The number of nitrogens with one attached hydrogen (secondary N) is 1. The zero-order valence-electron chi connectivity index (χ0n) is 11.9. The van der Waals surface area contributed by atoms with Gasteiger partial charge in [-0.25, -0.2) is 0 Å². The Balaban J connectivity index is 2.41. The molecule has 0 saturated heterocycles. The van der Waals surface area contributed by atoms with Gasteiger partial charge in [-0.2, -0.15) is 0 Å². The van der Waals surface area contributed by atoms with Crippen molar-refractivity contribution >= 4 is 11.9 Å². The van der Waals surface area contributed by atoms with Crippen LogP contribution in [0.1, 0.15) is 32.3 Å². The highest BCUT2D eigenvalue weighted by Crippen LogP contribution is 2.12. The van der Waals surface area contributed by atoms with E-state index in [0.29, 0.717) is 11.3 Å². The van der Waals surface area contributed by atoms with Crippen molar-refractivity contribution in [2.24, 2.45) is 0 Å². The van der Waals surface area contributed by atoms with Crippen LogP contribution in [-0.4, -0.2) is 29.6 Å².